The quantitative estimate of drug-likeness (QED) is 0.345. The first kappa shape index (κ1) is 11.9. The van der Waals surface area contributed by atoms with Crippen LogP contribution in [-0.2, 0) is 0 Å². The van der Waals surface area contributed by atoms with Crippen LogP contribution in [-0.4, -0.2) is 11.1 Å². The molecule has 0 amide bonds. The number of carbonyl (C=O) groups is 1. The molecule has 0 saturated heterocycles. The molecule has 0 aromatic heterocycles. The van der Waals surface area contributed by atoms with Crippen molar-refractivity contribution in [3.63, 3.8) is 0 Å². The lowest BCUT2D eigenvalue weighted by Gasteiger charge is -2.14. The third kappa shape index (κ3) is 1.66. The van der Waals surface area contributed by atoms with Gasteiger partial charge in [-0.25, -0.2) is 4.79 Å². The first-order chi connectivity index (χ1) is 7.41. The van der Waals surface area contributed by atoms with Crippen molar-refractivity contribution in [2.24, 2.45) is 5.11 Å². The second-order valence-corrected chi connectivity index (χ2v) is 3.51. The van der Waals surface area contributed by atoms with E-state index in [2.05, 4.69) is 10.0 Å². The number of nitrogen functional groups attached to an aromatic ring is 1. The largest absolute Gasteiger partial charge is 0.478 e. The molecule has 16 heavy (non-hydrogen) atoms. The van der Waals surface area contributed by atoms with E-state index in [0.29, 0.717) is 28.1 Å². The van der Waals surface area contributed by atoms with Crippen LogP contribution in [0.3, 0.4) is 0 Å². The number of carboxylic acids is 1. The normalized spacial score (nSPS) is 9.69. The van der Waals surface area contributed by atoms with Crippen molar-refractivity contribution in [2.75, 3.05) is 5.73 Å². The molecule has 0 aliphatic carbocycles. The Morgan fingerprint density at radius 3 is 2.31 bits per heavy atom. The van der Waals surface area contributed by atoms with Crippen molar-refractivity contribution >= 4 is 17.3 Å². The van der Waals surface area contributed by atoms with Crippen LogP contribution in [0.2, 0.25) is 0 Å². The number of anilines is 1. The average molecular weight is 220 g/mol. The molecular weight excluding hydrogens is 208 g/mol. The number of nitrogens with zero attached hydrogens (tertiary/aromatic N) is 3. The Kier molecular flexibility index (Phi) is 3.06. The summed E-state index contributed by atoms with van der Waals surface area (Å²) in [4.78, 5) is 13.7. The van der Waals surface area contributed by atoms with E-state index in [1.807, 2.05) is 0 Å². The summed E-state index contributed by atoms with van der Waals surface area (Å²) in [5.74, 6) is -1.07. The molecule has 84 valence electrons. The number of hydrogen-bond donors (Lipinski definition) is 2. The minimum atomic E-state index is -1.07. The van der Waals surface area contributed by atoms with E-state index in [-0.39, 0.29) is 5.56 Å². The van der Waals surface area contributed by atoms with E-state index in [1.54, 1.807) is 20.8 Å². The van der Waals surface area contributed by atoms with Gasteiger partial charge in [0.25, 0.3) is 0 Å². The van der Waals surface area contributed by atoms with Crippen molar-refractivity contribution in [3.05, 3.63) is 32.7 Å². The van der Waals surface area contributed by atoms with Crippen molar-refractivity contribution < 1.29 is 9.90 Å². The summed E-state index contributed by atoms with van der Waals surface area (Å²) < 4.78 is 0. The summed E-state index contributed by atoms with van der Waals surface area (Å²) >= 11 is 0. The molecule has 6 heteroatoms. The lowest BCUT2D eigenvalue weighted by Crippen LogP contribution is -2.07. The van der Waals surface area contributed by atoms with Gasteiger partial charge in [-0.2, -0.15) is 0 Å². The molecule has 6 nitrogen and oxygen atoms in total. The molecule has 0 aliphatic rings. The van der Waals surface area contributed by atoms with Crippen molar-refractivity contribution in [1.29, 1.82) is 0 Å². The highest BCUT2D eigenvalue weighted by Gasteiger charge is 2.18. The van der Waals surface area contributed by atoms with Gasteiger partial charge in [0.1, 0.15) is 0 Å². The van der Waals surface area contributed by atoms with E-state index in [0.717, 1.165) is 0 Å². The van der Waals surface area contributed by atoms with E-state index >= 15 is 0 Å². The van der Waals surface area contributed by atoms with Crippen molar-refractivity contribution in [3.8, 4) is 0 Å². The topological polar surface area (TPSA) is 112 Å². The molecule has 0 unspecified atom stereocenters. The van der Waals surface area contributed by atoms with Crippen molar-refractivity contribution in [2.45, 2.75) is 20.8 Å². The minimum Gasteiger partial charge on any atom is -0.478 e. The van der Waals surface area contributed by atoms with Crippen LogP contribution in [0.25, 0.3) is 10.4 Å². The Balaban J connectivity index is 3.79. The SMILES string of the molecule is Cc1c(N)c(C)c(C(=O)O)c(C)c1N=[N+]=[N-]. The fourth-order valence-electron chi connectivity index (χ4n) is 1.74. The van der Waals surface area contributed by atoms with Gasteiger partial charge < -0.3 is 10.8 Å². The zero-order chi connectivity index (χ0) is 12.5. The molecular formula is C10H12N4O2. The zero-order valence-electron chi connectivity index (χ0n) is 9.27. The molecule has 0 saturated carbocycles. The van der Waals surface area contributed by atoms with Gasteiger partial charge in [0.2, 0.25) is 0 Å². The number of benzene rings is 1. The fourth-order valence-corrected chi connectivity index (χ4v) is 1.74. The maximum atomic E-state index is 11.1. The summed E-state index contributed by atoms with van der Waals surface area (Å²) in [6.07, 6.45) is 0. The van der Waals surface area contributed by atoms with Crippen LogP contribution < -0.4 is 5.73 Å². The molecule has 0 aliphatic heterocycles. The molecule has 1 aromatic carbocycles. The molecule has 1 rings (SSSR count). The molecule has 0 radical (unpaired) electrons. The van der Waals surface area contributed by atoms with E-state index in [4.69, 9.17) is 16.4 Å². The predicted molar refractivity (Wildman–Crippen MR) is 60.8 cm³/mol. The van der Waals surface area contributed by atoms with Crippen LogP contribution >= 0.6 is 0 Å². The van der Waals surface area contributed by atoms with Crippen molar-refractivity contribution in [1.82, 2.24) is 0 Å². The Labute approximate surface area is 92.3 Å². The zero-order valence-corrected chi connectivity index (χ0v) is 9.27. The van der Waals surface area contributed by atoms with Gasteiger partial charge in [0.15, 0.2) is 0 Å². The molecule has 0 bridgehead atoms. The maximum Gasteiger partial charge on any atom is 0.336 e. The second-order valence-electron chi connectivity index (χ2n) is 3.51. The third-order valence-electron chi connectivity index (χ3n) is 2.63. The minimum absolute atomic E-state index is 0.102. The summed E-state index contributed by atoms with van der Waals surface area (Å²) in [5.41, 5.74) is 16.5. The first-order valence-corrected chi connectivity index (χ1v) is 4.59. The summed E-state index contributed by atoms with van der Waals surface area (Å²) in [6.45, 7) is 4.94. The lowest BCUT2D eigenvalue weighted by molar-refractivity contribution is 0.0695. The van der Waals surface area contributed by atoms with Gasteiger partial charge in [-0.15, -0.1) is 0 Å². The molecule has 0 atom stereocenters. The summed E-state index contributed by atoms with van der Waals surface area (Å²) in [6, 6.07) is 0. The predicted octanol–water partition coefficient (Wildman–Crippen LogP) is 2.83. The maximum absolute atomic E-state index is 11.1. The van der Waals surface area contributed by atoms with Gasteiger partial charge in [-0.05, 0) is 43.0 Å². The monoisotopic (exact) mass is 220 g/mol. The summed E-state index contributed by atoms with van der Waals surface area (Å²) in [7, 11) is 0. The molecule has 1 aromatic rings. The average Bonchev–Trinajstić information content (AvgIpc) is 2.21. The highest BCUT2D eigenvalue weighted by Crippen LogP contribution is 2.34. The second kappa shape index (κ2) is 4.12. The van der Waals surface area contributed by atoms with Crippen LogP contribution in [0, 0.1) is 20.8 Å². The van der Waals surface area contributed by atoms with Crippen LogP contribution in [0.15, 0.2) is 5.11 Å². The standard InChI is InChI=1S/C10H12N4O2/c1-4-7(10(15)16)5(2)9(13-14-12)6(3)8(4)11/h11H2,1-3H3,(H,15,16). The number of aromatic carboxylic acids is 1. The Morgan fingerprint density at radius 1 is 1.31 bits per heavy atom. The number of carboxylic acid groups (broad SMARTS) is 1. The summed E-state index contributed by atoms with van der Waals surface area (Å²) in [5, 5.41) is 12.6. The molecule has 0 spiro atoms. The van der Waals surface area contributed by atoms with E-state index in [9.17, 15) is 4.79 Å². The number of nitrogens with two attached hydrogens (primary N) is 1. The highest BCUT2D eigenvalue weighted by molar-refractivity contribution is 5.95. The first-order valence-electron chi connectivity index (χ1n) is 4.59. The van der Waals surface area contributed by atoms with Crippen LogP contribution in [0.1, 0.15) is 27.0 Å². The number of hydrogen-bond acceptors (Lipinski definition) is 3. The number of rotatable bonds is 2. The molecule has 3 N–H and O–H groups in total. The van der Waals surface area contributed by atoms with Gasteiger partial charge in [0, 0.05) is 16.3 Å². The smallest absolute Gasteiger partial charge is 0.336 e. The Bertz CT molecular complexity index is 487. The van der Waals surface area contributed by atoms with Gasteiger partial charge in [0.05, 0.1) is 5.56 Å². The molecule has 0 heterocycles. The lowest BCUT2D eigenvalue weighted by atomic mass is 9.95. The van der Waals surface area contributed by atoms with Gasteiger partial charge in [-0.3, -0.25) is 0 Å². The Morgan fingerprint density at radius 2 is 1.88 bits per heavy atom. The van der Waals surface area contributed by atoms with Gasteiger partial charge in [-0.1, -0.05) is 5.11 Å². The highest BCUT2D eigenvalue weighted by atomic mass is 16.4. The third-order valence-corrected chi connectivity index (χ3v) is 2.63. The van der Waals surface area contributed by atoms with Crippen LogP contribution in [0.4, 0.5) is 11.4 Å². The fraction of sp³-hybridized carbons (Fsp3) is 0.300. The van der Waals surface area contributed by atoms with E-state index < -0.39 is 5.97 Å². The number of azide groups is 1. The van der Waals surface area contributed by atoms with Gasteiger partial charge >= 0.3 is 5.97 Å². The Hall–Kier alpha value is -2.20. The molecule has 0 fully saturated rings. The van der Waals surface area contributed by atoms with Crippen LogP contribution in [0.5, 0.6) is 0 Å². The van der Waals surface area contributed by atoms with E-state index in [1.165, 1.54) is 0 Å².